The molecule has 0 atom stereocenters. The fraction of sp³-hybridized carbons (Fsp3) is 0.382. The maximum absolute atomic E-state index is 12.6. The Bertz CT molecular complexity index is 1440. The number of rotatable bonds is 10. The number of ether oxygens (including phenoxy) is 2. The molecule has 212 valence electrons. The van der Waals surface area contributed by atoms with Crippen LogP contribution in [0.1, 0.15) is 63.0 Å². The van der Waals surface area contributed by atoms with Crippen LogP contribution in [0.25, 0.3) is 11.1 Å². The number of nitrogens with one attached hydrogen (secondary N) is 1. The van der Waals surface area contributed by atoms with E-state index in [0.29, 0.717) is 37.5 Å². The van der Waals surface area contributed by atoms with Crippen molar-refractivity contribution in [3.05, 3.63) is 95.9 Å². The molecule has 7 heteroatoms. The number of fused-ring (bicyclic) bond motifs is 3. The van der Waals surface area contributed by atoms with E-state index < -0.39 is 0 Å². The van der Waals surface area contributed by atoms with E-state index in [9.17, 15) is 4.79 Å². The standard InChI is InChI=1S/C34H37N3O4/c1-24(2)20-30-36-37-32(41-30)35-29-14-10-27(11-15-29)26-8-12-28(13-9-26)33-16-18-34(19-17-33,40-23-33)21-31(38)39-22-25-6-4-3-5-7-25/h3-15,24H,16-23H2,1-2H3,(H,35,37). The highest BCUT2D eigenvalue weighted by Gasteiger charge is 2.51. The van der Waals surface area contributed by atoms with Crippen molar-refractivity contribution in [2.24, 2.45) is 5.92 Å². The fourth-order valence-corrected chi connectivity index (χ4v) is 6.04. The number of esters is 1. The highest BCUT2D eigenvalue weighted by molar-refractivity contribution is 5.71. The van der Waals surface area contributed by atoms with E-state index in [4.69, 9.17) is 13.9 Å². The van der Waals surface area contributed by atoms with Gasteiger partial charge in [0.15, 0.2) is 0 Å². The van der Waals surface area contributed by atoms with Gasteiger partial charge in [0.05, 0.1) is 18.6 Å². The van der Waals surface area contributed by atoms with E-state index in [1.165, 1.54) is 5.56 Å². The molecule has 3 fully saturated rings. The molecule has 0 amide bonds. The largest absolute Gasteiger partial charge is 0.461 e. The summed E-state index contributed by atoms with van der Waals surface area (Å²) in [7, 11) is 0. The quantitative estimate of drug-likeness (QED) is 0.206. The van der Waals surface area contributed by atoms with E-state index in [0.717, 1.165) is 54.5 Å². The maximum Gasteiger partial charge on any atom is 0.320 e. The first kappa shape index (κ1) is 27.2. The van der Waals surface area contributed by atoms with Crippen LogP contribution in [0.15, 0.2) is 83.3 Å². The van der Waals surface area contributed by atoms with Crippen LogP contribution in [0.3, 0.4) is 0 Å². The fourth-order valence-electron chi connectivity index (χ4n) is 6.04. The van der Waals surface area contributed by atoms with Gasteiger partial charge in [-0.3, -0.25) is 4.79 Å². The maximum atomic E-state index is 12.6. The van der Waals surface area contributed by atoms with Crippen LogP contribution in [0.5, 0.6) is 0 Å². The van der Waals surface area contributed by atoms with Gasteiger partial charge in [-0.25, -0.2) is 0 Å². The average Bonchev–Trinajstić information content (AvgIpc) is 3.43. The third-order valence-electron chi connectivity index (χ3n) is 8.50. The van der Waals surface area contributed by atoms with Crippen molar-refractivity contribution in [3.63, 3.8) is 0 Å². The molecule has 7 nitrogen and oxygen atoms in total. The lowest BCUT2D eigenvalue weighted by Crippen LogP contribution is -2.54. The molecule has 1 aliphatic carbocycles. The van der Waals surface area contributed by atoms with E-state index in [-0.39, 0.29) is 17.0 Å². The minimum absolute atomic E-state index is 0.0144. The normalized spacial score (nSPS) is 21.6. The molecule has 3 aliphatic rings. The highest BCUT2D eigenvalue weighted by atomic mass is 16.5. The molecule has 1 N–H and O–H groups in total. The number of benzene rings is 3. The molecule has 3 aromatic carbocycles. The molecule has 0 spiro atoms. The van der Waals surface area contributed by atoms with Crippen LogP contribution in [0.4, 0.5) is 11.7 Å². The lowest BCUT2D eigenvalue weighted by Gasteiger charge is -2.53. The van der Waals surface area contributed by atoms with Crippen molar-refractivity contribution in [1.82, 2.24) is 10.2 Å². The molecule has 0 radical (unpaired) electrons. The second-order valence-corrected chi connectivity index (χ2v) is 12.0. The summed E-state index contributed by atoms with van der Waals surface area (Å²) in [4.78, 5) is 12.6. The van der Waals surface area contributed by atoms with Gasteiger partial charge in [0.2, 0.25) is 5.89 Å². The Hall–Kier alpha value is -3.97. The van der Waals surface area contributed by atoms with Crippen molar-refractivity contribution in [2.75, 3.05) is 11.9 Å². The highest BCUT2D eigenvalue weighted by Crippen LogP contribution is 2.51. The van der Waals surface area contributed by atoms with Gasteiger partial charge in [-0.05, 0) is 66.0 Å². The first-order valence-corrected chi connectivity index (χ1v) is 14.5. The van der Waals surface area contributed by atoms with Gasteiger partial charge in [0, 0.05) is 17.5 Å². The van der Waals surface area contributed by atoms with Crippen LogP contribution in [0, 0.1) is 5.92 Å². The van der Waals surface area contributed by atoms with E-state index in [1.54, 1.807) is 0 Å². The molecule has 2 aliphatic heterocycles. The molecule has 3 heterocycles. The van der Waals surface area contributed by atoms with Crippen molar-refractivity contribution >= 4 is 17.7 Å². The van der Waals surface area contributed by atoms with Gasteiger partial charge < -0.3 is 19.2 Å². The zero-order valence-corrected chi connectivity index (χ0v) is 23.8. The van der Waals surface area contributed by atoms with E-state index in [1.807, 2.05) is 42.5 Å². The topological polar surface area (TPSA) is 86.5 Å². The minimum atomic E-state index is -0.386. The molecule has 1 saturated carbocycles. The number of hydrogen-bond donors (Lipinski definition) is 1. The third-order valence-corrected chi connectivity index (χ3v) is 8.50. The minimum Gasteiger partial charge on any atom is -0.461 e. The summed E-state index contributed by atoms with van der Waals surface area (Å²) < 4.78 is 17.7. The number of anilines is 2. The van der Waals surface area contributed by atoms with Gasteiger partial charge in [-0.1, -0.05) is 85.7 Å². The second-order valence-electron chi connectivity index (χ2n) is 12.0. The zero-order valence-electron chi connectivity index (χ0n) is 23.8. The lowest BCUT2D eigenvalue weighted by atomic mass is 9.62. The second kappa shape index (κ2) is 11.5. The predicted octanol–water partition coefficient (Wildman–Crippen LogP) is 7.39. The number of nitrogens with zero attached hydrogens (tertiary/aromatic N) is 2. The Morgan fingerprint density at radius 2 is 1.59 bits per heavy atom. The van der Waals surface area contributed by atoms with Crippen molar-refractivity contribution < 1.29 is 18.7 Å². The third kappa shape index (κ3) is 6.20. The SMILES string of the molecule is CC(C)Cc1nnc(Nc2ccc(-c3ccc(C45CCC(CC(=O)OCc6ccccc6)(CC4)OC5)cc3)cc2)o1. The predicted molar refractivity (Wildman–Crippen MR) is 158 cm³/mol. The van der Waals surface area contributed by atoms with Crippen LogP contribution >= 0.6 is 0 Å². The van der Waals surface area contributed by atoms with Crippen LogP contribution < -0.4 is 5.32 Å². The summed E-state index contributed by atoms with van der Waals surface area (Å²) in [5.74, 6) is 0.931. The van der Waals surface area contributed by atoms with Gasteiger partial charge in [-0.2, -0.15) is 0 Å². The monoisotopic (exact) mass is 551 g/mol. The van der Waals surface area contributed by atoms with Crippen molar-refractivity contribution in [1.29, 1.82) is 0 Å². The average molecular weight is 552 g/mol. The molecule has 7 rings (SSSR count). The van der Waals surface area contributed by atoms with Crippen molar-refractivity contribution in [2.45, 2.75) is 70.0 Å². The summed E-state index contributed by atoms with van der Waals surface area (Å²) in [6, 6.07) is 27.3. The molecule has 2 saturated heterocycles. The van der Waals surface area contributed by atoms with Crippen LogP contribution in [-0.2, 0) is 32.7 Å². The molecule has 4 aromatic rings. The Morgan fingerprint density at radius 3 is 2.22 bits per heavy atom. The van der Waals surface area contributed by atoms with E-state index >= 15 is 0 Å². The number of carbonyl (C=O) groups excluding carboxylic acids is 1. The number of aromatic nitrogens is 2. The molecule has 41 heavy (non-hydrogen) atoms. The Morgan fingerprint density at radius 1 is 0.902 bits per heavy atom. The van der Waals surface area contributed by atoms with E-state index in [2.05, 4.69) is 65.8 Å². The number of carbonyl (C=O) groups is 1. The first-order chi connectivity index (χ1) is 19.9. The molecular formula is C34H37N3O4. The van der Waals surface area contributed by atoms with Gasteiger partial charge >= 0.3 is 12.0 Å². The van der Waals surface area contributed by atoms with Gasteiger partial charge in [0.25, 0.3) is 0 Å². The number of hydrogen-bond acceptors (Lipinski definition) is 7. The smallest absolute Gasteiger partial charge is 0.320 e. The van der Waals surface area contributed by atoms with Crippen LogP contribution in [-0.4, -0.2) is 28.4 Å². The Balaban J connectivity index is 1.04. The summed E-state index contributed by atoms with van der Waals surface area (Å²) in [5, 5.41) is 11.4. The Kier molecular flexibility index (Phi) is 7.63. The Labute approximate surface area is 241 Å². The summed E-state index contributed by atoms with van der Waals surface area (Å²) >= 11 is 0. The summed E-state index contributed by atoms with van der Waals surface area (Å²) in [6.45, 7) is 5.20. The zero-order chi connectivity index (χ0) is 28.3. The lowest BCUT2D eigenvalue weighted by molar-refractivity contribution is -0.179. The van der Waals surface area contributed by atoms with Crippen LogP contribution in [0.2, 0.25) is 0 Å². The molecule has 2 bridgehead atoms. The molecule has 0 unspecified atom stereocenters. The molecule has 1 aromatic heterocycles. The van der Waals surface area contributed by atoms with Gasteiger partial charge in [-0.15, -0.1) is 5.10 Å². The van der Waals surface area contributed by atoms with Crippen molar-refractivity contribution in [3.8, 4) is 11.1 Å². The molecular weight excluding hydrogens is 514 g/mol. The summed E-state index contributed by atoms with van der Waals surface area (Å²) in [6.07, 6.45) is 4.89. The summed E-state index contributed by atoms with van der Waals surface area (Å²) in [5.41, 5.74) is 5.15. The first-order valence-electron chi connectivity index (χ1n) is 14.5. The van der Waals surface area contributed by atoms with Gasteiger partial charge in [0.1, 0.15) is 6.61 Å².